The fourth-order valence-corrected chi connectivity index (χ4v) is 2.80. The Balaban J connectivity index is 2.19. The van der Waals surface area contributed by atoms with E-state index >= 15 is 0 Å². The maximum Gasteiger partial charge on any atom is 0.417 e. The van der Waals surface area contributed by atoms with Crippen LogP contribution >= 0.6 is 0 Å². The molecule has 0 saturated heterocycles. The number of nitrogens with zero attached hydrogens (tertiary/aromatic N) is 1. The summed E-state index contributed by atoms with van der Waals surface area (Å²) in [5, 5.41) is 11.9. The van der Waals surface area contributed by atoms with E-state index in [1.54, 1.807) is 12.1 Å². The third-order valence-electron chi connectivity index (χ3n) is 3.95. The molecule has 1 N–H and O–H groups in total. The highest BCUT2D eigenvalue weighted by atomic mass is 19.4. The SMILES string of the molecule is CC(Nc1ccc(C#N)c(C(F)(F)F)c1)C1CCCC1. The van der Waals surface area contributed by atoms with Crippen molar-refractivity contribution in [3.63, 3.8) is 0 Å². The summed E-state index contributed by atoms with van der Waals surface area (Å²) >= 11 is 0. The normalized spacial score (nSPS) is 17.8. The van der Waals surface area contributed by atoms with E-state index in [1.165, 1.54) is 18.9 Å². The summed E-state index contributed by atoms with van der Waals surface area (Å²) in [5.74, 6) is 0.514. The van der Waals surface area contributed by atoms with E-state index in [9.17, 15) is 13.2 Å². The van der Waals surface area contributed by atoms with Crippen molar-refractivity contribution in [2.45, 2.75) is 44.8 Å². The highest BCUT2D eigenvalue weighted by Gasteiger charge is 2.34. The maximum atomic E-state index is 12.9. The van der Waals surface area contributed by atoms with Gasteiger partial charge in [-0.2, -0.15) is 18.4 Å². The van der Waals surface area contributed by atoms with Crippen LogP contribution in [0.25, 0.3) is 0 Å². The van der Waals surface area contributed by atoms with E-state index < -0.39 is 11.7 Å². The second-order valence-electron chi connectivity index (χ2n) is 5.35. The molecule has 0 aromatic heterocycles. The molecule has 20 heavy (non-hydrogen) atoms. The number of alkyl halides is 3. The third-order valence-corrected chi connectivity index (χ3v) is 3.95. The van der Waals surface area contributed by atoms with Gasteiger partial charge in [-0.15, -0.1) is 0 Å². The van der Waals surface area contributed by atoms with Gasteiger partial charge in [-0.05, 0) is 43.9 Å². The number of halogens is 3. The Morgan fingerprint density at radius 1 is 1.30 bits per heavy atom. The van der Waals surface area contributed by atoms with Crippen molar-refractivity contribution in [2.24, 2.45) is 5.92 Å². The standard InChI is InChI=1S/C15H17F3N2/c1-10(11-4-2-3-5-11)20-13-7-6-12(9-19)14(8-13)15(16,17)18/h6-8,10-11,20H,2-5H2,1H3. The molecule has 0 heterocycles. The van der Waals surface area contributed by atoms with Gasteiger partial charge in [-0.1, -0.05) is 12.8 Å². The molecule has 0 aliphatic heterocycles. The van der Waals surface area contributed by atoms with Crippen LogP contribution in [-0.2, 0) is 6.18 Å². The van der Waals surface area contributed by atoms with Crippen LogP contribution in [0.5, 0.6) is 0 Å². The first-order valence-corrected chi connectivity index (χ1v) is 6.79. The van der Waals surface area contributed by atoms with Gasteiger partial charge < -0.3 is 5.32 Å². The molecule has 1 aromatic carbocycles. The lowest BCUT2D eigenvalue weighted by Crippen LogP contribution is -2.24. The van der Waals surface area contributed by atoms with E-state index in [1.807, 2.05) is 6.92 Å². The number of rotatable bonds is 3. The molecule has 1 aliphatic carbocycles. The third kappa shape index (κ3) is 3.24. The van der Waals surface area contributed by atoms with E-state index in [0.29, 0.717) is 11.6 Å². The highest BCUT2D eigenvalue weighted by Crippen LogP contribution is 2.34. The number of nitriles is 1. The number of anilines is 1. The summed E-state index contributed by atoms with van der Waals surface area (Å²) in [6, 6.07) is 5.54. The van der Waals surface area contributed by atoms with Crippen LogP contribution in [0, 0.1) is 17.2 Å². The molecular weight excluding hydrogens is 265 g/mol. The Bertz CT molecular complexity index is 511. The van der Waals surface area contributed by atoms with Crippen LogP contribution in [0.3, 0.4) is 0 Å². The first-order chi connectivity index (χ1) is 9.41. The van der Waals surface area contributed by atoms with Crippen LogP contribution in [-0.4, -0.2) is 6.04 Å². The van der Waals surface area contributed by atoms with E-state index in [2.05, 4.69) is 5.32 Å². The fourth-order valence-electron chi connectivity index (χ4n) is 2.80. The molecule has 0 spiro atoms. The van der Waals surface area contributed by atoms with Gasteiger partial charge in [0, 0.05) is 11.7 Å². The van der Waals surface area contributed by atoms with Crippen LogP contribution in [0.15, 0.2) is 18.2 Å². The average molecular weight is 282 g/mol. The summed E-state index contributed by atoms with van der Waals surface area (Å²) < 4.78 is 38.6. The fraction of sp³-hybridized carbons (Fsp3) is 0.533. The van der Waals surface area contributed by atoms with Gasteiger partial charge in [-0.3, -0.25) is 0 Å². The molecule has 0 bridgehead atoms. The largest absolute Gasteiger partial charge is 0.417 e. The summed E-state index contributed by atoms with van der Waals surface area (Å²) in [6.45, 7) is 2.00. The molecule has 1 atom stereocenters. The molecule has 1 aliphatic rings. The van der Waals surface area contributed by atoms with Crippen molar-refractivity contribution >= 4 is 5.69 Å². The second-order valence-corrected chi connectivity index (χ2v) is 5.35. The van der Waals surface area contributed by atoms with Gasteiger partial charge in [0.15, 0.2) is 0 Å². The lowest BCUT2D eigenvalue weighted by molar-refractivity contribution is -0.137. The quantitative estimate of drug-likeness (QED) is 0.881. The van der Waals surface area contributed by atoms with Crippen molar-refractivity contribution in [1.82, 2.24) is 0 Å². The Morgan fingerprint density at radius 2 is 1.95 bits per heavy atom. The van der Waals surface area contributed by atoms with E-state index in [4.69, 9.17) is 5.26 Å². The topological polar surface area (TPSA) is 35.8 Å². The van der Waals surface area contributed by atoms with Gasteiger partial charge >= 0.3 is 6.18 Å². The zero-order valence-electron chi connectivity index (χ0n) is 11.3. The Morgan fingerprint density at radius 3 is 2.50 bits per heavy atom. The molecule has 0 amide bonds. The summed E-state index contributed by atoms with van der Waals surface area (Å²) in [6.07, 6.45) is 0.127. The summed E-state index contributed by atoms with van der Waals surface area (Å²) in [5.41, 5.74) is -0.782. The zero-order valence-corrected chi connectivity index (χ0v) is 11.3. The minimum atomic E-state index is -4.50. The molecule has 2 rings (SSSR count). The summed E-state index contributed by atoms with van der Waals surface area (Å²) in [7, 11) is 0. The van der Waals surface area contributed by atoms with Crippen LogP contribution in [0.4, 0.5) is 18.9 Å². The predicted molar refractivity (Wildman–Crippen MR) is 71.2 cm³/mol. The van der Waals surface area contributed by atoms with Gasteiger partial charge in [0.25, 0.3) is 0 Å². The van der Waals surface area contributed by atoms with Crippen molar-refractivity contribution in [2.75, 3.05) is 5.32 Å². The molecule has 1 fully saturated rings. The van der Waals surface area contributed by atoms with Gasteiger partial charge in [0.2, 0.25) is 0 Å². The predicted octanol–water partition coefficient (Wildman–Crippen LogP) is 4.57. The first kappa shape index (κ1) is 14.7. The van der Waals surface area contributed by atoms with Gasteiger partial charge in [-0.25, -0.2) is 0 Å². The Labute approximate surface area is 116 Å². The zero-order chi connectivity index (χ0) is 14.8. The van der Waals surface area contributed by atoms with Crippen molar-refractivity contribution in [3.05, 3.63) is 29.3 Å². The molecule has 2 nitrogen and oxygen atoms in total. The van der Waals surface area contributed by atoms with E-state index in [0.717, 1.165) is 18.9 Å². The minimum absolute atomic E-state index is 0.145. The van der Waals surface area contributed by atoms with Crippen LogP contribution in [0.1, 0.15) is 43.7 Å². The Kier molecular flexibility index (Phi) is 4.22. The number of nitrogens with one attached hydrogen (secondary N) is 1. The van der Waals surface area contributed by atoms with Crippen LogP contribution in [0.2, 0.25) is 0 Å². The van der Waals surface area contributed by atoms with Crippen LogP contribution < -0.4 is 5.32 Å². The van der Waals surface area contributed by atoms with Gasteiger partial charge in [0.1, 0.15) is 0 Å². The van der Waals surface area contributed by atoms with Crippen molar-refractivity contribution in [3.8, 4) is 6.07 Å². The average Bonchev–Trinajstić information content (AvgIpc) is 2.91. The molecule has 5 heteroatoms. The smallest absolute Gasteiger partial charge is 0.382 e. The molecular formula is C15H17F3N2. The van der Waals surface area contributed by atoms with Crippen molar-refractivity contribution in [1.29, 1.82) is 5.26 Å². The number of benzene rings is 1. The number of hydrogen-bond acceptors (Lipinski definition) is 2. The Hall–Kier alpha value is -1.70. The van der Waals surface area contributed by atoms with E-state index in [-0.39, 0.29) is 11.6 Å². The lowest BCUT2D eigenvalue weighted by Gasteiger charge is -2.22. The first-order valence-electron chi connectivity index (χ1n) is 6.79. The van der Waals surface area contributed by atoms with Crippen molar-refractivity contribution < 1.29 is 13.2 Å². The minimum Gasteiger partial charge on any atom is -0.382 e. The molecule has 1 aromatic rings. The monoisotopic (exact) mass is 282 g/mol. The second kappa shape index (κ2) is 5.74. The maximum absolute atomic E-state index is 12.9. The number of hydrogen-bond donors (Lipinski definition) is 1. The summed E-state index contributed by atoms with van der Waals surface area (Å²) in [4.78, 5) is 0. The molecule has 1 unspecified atom stereocenters. The highest BCUT2D eigenvalue weighted by molar-refractivity contribution is 5.53. The molecule has 108 valence electrons. The van der Waals surface area contributed by atoms with Gasteiger partial charge in [0.05, 0.1) is 17.2 Å². The lowest BCUT2D eigenvalue weighted by atomic mass is 9.99. The molecule has 0 radical (unpaired) electrons. The molecule has 1 saturated carbocycles.